The summed E-state index contributed by atoms with van der Waals surface area (Å²) in [6.45, 7) is 2.16. The first-order valence-electron chi connectivity index (χ1n) is 7.06. The smallest absolute Gasteiger partial charge is 0.234 e. The van der Waals surface area contributed by atoms with E-state index in [9.17, 15) is 14.0 Å². The number of nitrogens with zero attached hydrogens (tertiary/aromatic N) is 1. The summed E-state index contributed by atoms with van der Waals surface area (Å²) in [5.41, 5.74) is 0.431. The Bertz CT molecular complexity index is 597. The molecule has 1 atom stereocenters. The summed E-state index contributed by atoms with van der Waals surface area (Å²) in [6, 6.07) is 6.30. The van der Waals surface area contributed by atoms with Crippen molar-refractivity contribution >= 4 is 17.9 Å². The van der Waals surface area contributed by atoms with E-state index in [4.69, 9.17) is 0 Å². The molecule has 0 aliphatic carbocycles. The van der Waals surface area contributed by atoms with E-state index in [1.165, 1.54) is 12.1 Å². The van der Waals surface area contributed by atoms with Gasteiger partial charge in [-0.3, -0.25) is 19.8 Å². The molecule has 3 rings (SSSR count). The molecule has 1 N–H and O–H groups in total. The molecular formula is C16H17FN2O2. The minimum Gasteiger partial charge on any atom is -0.299 e. The summed E-state index contributed by atoms with van der Waals surface area (Å²) in [5, 5.41) is 2.40. The van der Waals surface area contributed by atoms with Gasteiger partial charge in [0.25, 0.3) is 0 Å². The SMILES string of the molecule is O=C1C[C@]2(CCN(C/C=C/c3ccc(F)cc3)C2)C(=O)N1. The summed E-state index contributed by atoms with van der Waals surface area (Å²) in [7, 11) is 0. The van der Waals surface area contributed by atoms with Crippen molar-refractivity contribution in [2.75, 3.05) is 19.6 Å². The number of nitrogens with one attached hydrogen (secondary N) is 1. The Hall–Kier alpha value is -2.01. The van der Waals surface area contributed by atoms with Crippen LogP contribution in [-0.4, -0.2) is 36.3 Å². The maximum Gasteiger partial charge on any atom is 0.234 e. The van der Waals surface area contributed by atoms with Crippen LogP contribution < -0.4 is 5.32 Å². The lowest BCUT2D eigenvalue weighted by Crippen LogP contribution is -2.34. The predicted molar refractivity (Wildman–Crippen MR) is 76.7 cm³/mol. The molecular weight excluding hydrogens is 271 g/mol. The van der Waals surface area contributed by atoms with Crippen LogP contribution in [0.2, 0.25) is 0 Å². The molecule has 5 heteroatoms. The molecule has 2 heterocycles. The molecule has 21 heavy (non-hydrogen) atoms. The largest absolute Gasteiger partial charge is 0.299 e. The molecule has 110 valence electrons. The Morgan fingerprint density at radius 1 is 1.29 bits per heavy atom. The van der Waals surface area contributed by atoms with Crippen LogP contribution in [0.3, 0.4) is 0 Å². The fraction of sp³-hybridized carbons (Fsp3) is 0.375. The van der Waals surface area contributed by atoms with Gasteiger partial charge < -0.3 is 0 Å². The average molecular weight is 288 g/mol. The third kappa shape index (κ3) is 2.88. The molecule has 0 unspecified atom stereocenters. The van der Waals surface area contributed by atoms with Gasteiger partial charge in [0.1, 0.15) is 5.82 Å². The van der Waals surface area contributed by atoms with Crippen LogP contribution in [0.25, 0.3) is 6.08 Å². The molecule has 1 aromatic rings. The van der Waals surface area contributed by atoms with E-state index in [1.807, 2.05) is 12.2 Å². The van der Waals surface area contributed by atoms with Gasteiger partial charge >= 0.3 is 0 Å². The van der Waals surface area contributed by atoms with Gasteiger partial charge in [0.2, 0.25) is 11.8 Å². The number of rotatable bonds is 3. The molecule has 2 amide bonds. The van der Waals surface area contributed by atoms with E-state index in [1.54, 1.807) is 12.1 Å². The maximum atomic E-state index is 12.8. The van der Waals surface area contributed by atoms with Crippen molar-refractivity contribution in [1.29, 1.82) is 0 Å². The van der Waals surface area contributed by atoms with Gasteiger partial charge in [0.05, 0.1) is 5.41 Å². The van der Waals surface area contributed by atoms with Crippen LogP contribution in [0.5, 0.6) is 0 Å². The van der Waals surface area contributed by atoms with Crippen LogP contribution in [0.15, 0.2) is 30.3 Å². The second kappa shape index (κ2) is 5.41. The average Bonchev–Trinajstić information content (AvgIpc) is 2.97. The second-order valence-corrected chi connectivity index (χ2v) is 5.77. The maximum absolute atomic E-state index is 12.8. The molecule has 0 radical (unpaired) electrons. The summed E-state index contributed by atoms with van der Waals surface area (Å²) < 4.78 is 12.8. The van der Waals surface area contributed by atoms with E-state index < -0.39 is 5.41 Å². The van der Waals surface area contributed by atoms with Gasteiger partial charge in [-0.15, -0.1) is 0 Å². The highest BCUT2D eigenvalue weighted by molar-refractivity contribution is 6.06. The van der Waals surface area contributed by atoms with Crippen molar-refractivity contribution < 1.29 is 14.0 Å². The number of carbonyl (C=O) groups excluding carboxylic acids is 2. The Balaban J connectivity index is 1.57. The lowest BCUT2D eigenvalue weighted by atomic mass is 9.85. The normalized spacial score (nSPS) is 26.1. The minimum atomic E-state index is -0.513. The van der Waals surface area contributed by atoms with E-state index in [-0.39, 0.29) is 17.6 Å². The molecule has 0 saturated carbocycles. The third-order valence-corrected chi connectivity index (χ3v) is 4.21. The zero-order valence-corrected chi connectivity index (χ0v) is 11.6. The summed E-state index contributed by atoms with van der Waals surface area (Å²) in [5.74, 6) is -0.535. The summed E-state index contributed by atoms with van der Waals surface area (Å²) in [4.78, 5) is 25.4. The van der Waals surface area contributed by atoms with Gasteiger partial charge in [-0.05, 0) is 30.7 Å². The Labute approximate surface area is 122 Å². The topological polar surface area (TPSA) is 49.4 Å². The van der Waals surface area contributed by atoms with E-state index in [0.29, 0.717) is 13.0 Å². The Morgan fingerprint density at radius 3 is 2.71 bits per heavy atom. The van der Waals surface area contributed by atoms with Crippen molar-refractivity contribution in [2.24, 2.45) is 5.41 Å². The molecule has 4 nitrogen and oxygen atoms in total. The number of likely N-dealkylation sites (tertiary alicyclic amines) is 1. The summed E-state index contributed by atoms with van der Waals surface area (Å²) in [6.07, 6.45) is 4.98. The number of halogens is 1. The zero-order chi connectivity index (χ0) is 14.9. The number of hydrogen-bond acceptors (Lipinski definition) is 3. The quantitative estimate of drug-likeness (QED) is 0.859. The van der Waals surface area contributed by atoms with Crippen molar-refractivity contribution in [2.45, 2.75) is 12.8 Å². The fourth-order valence-corrected chi connectivity index (χ4v) is 3.05. The molecule has 0 aromatic heterocycles. The number of carbonyl (C=O) groups is 2. The molecule has 2 saturated heterocycles. The first kappa shape index (κ1) is 13.9. The first-order chi connectivity index (χ1) is 10.1. The number of amides is 2. The molecule has 2 aliphatic rings. The number of imide groups is 1. The van der Waals surface area contributed by atoms with Crippen LogP contribution >= 0.6 is 0 Å². The Morgan fingerprint density at radius 2 is 2.05 bits per heavy atom. The number of benzene rings is 1. The summed E-state index contributed by atoms with van der Waals surface area (Å²) >= 11 is 0. The van der Waals surface area contributed by atoms with Gasteiger partial charge in [-0.25, -0.2) is 4.39 Å². The van der Waals surface area contributed by atoms with Gasteiger partial charge in [0.15, 0.2) is 0 Å². The molecule has 1 aromatic carbocycles. The van der Waals surface area contributed by atoms with Crippen LogP contribution in [0.1, 0.15) is 18.4 Å². The lowest BCUT2D eigenvalue weighted by molar-refractivity contribution is -0.128. The molecule has 2 aliphatic heterocycles. The van der Waals surface area contributed by atoms with E-state index >= 15 is 0 Å². The van der Waals surface area contributed by atoms with Crippen molar-refractivity contribution in [3.05, 3.63) is 41.7 Å². The second-order valence-electron chi connectivity index (χ2n) is 5.77. The van der Waals surface area contributed by atoms with Crippen LogP contribution in [-0.2, 0) is 9.59 Å². The first-order valence-corrected chi connectivity index (χ1v) is 7.06. The molecule has 0 bridgehead atoms. The fourth-order valence-electron chi connectivity index (χ4n) is 3.05. The molecule has 2 fully saturated rings. The highest BCUT2D eigenvalue weighted by Gasteiger charge is 2.50. The van der Waals surface area contributed by atoms with Crippen molar-refractivity contribution in [1.82, 2.24) is 10.2 Å². The van der Waals surface area contributed by atoms with Gasteiger partial charge in [0, 0.05) is 19.5 Å². The number of hydrogen-bond donors (Lipinski definition) is 1. The van der Waals surface area contributed by atoms with Crippen LogP contribution in [0, 0.1) is 11.2 Å². The predicted octanol–water partition coefficient (Wildman–Crippen LogP) is 1.58. The van der Waals surface area contributed by atoms with Crippen molar-refractivity contribution in [3.63, 3.8) is 0 Å². The van der Waals surface area contributed by atoms with Crippen molar-refractivity contribution in [3.8, 4) is 0 Å². The highest BCUT2D eigenvalue weighted by atomic mass is 19.1. The lowest BCUT2D eigenvalue weighted by Gasteiger charge is -2.19. The third-order valence-electron chi connectivity index (χ3n) is 4.21. The van der Waals surface area contributed by atoms with Gasteiger partial charge in [-0.2, -0.15) is 0 Å². The zero-order valence-electron chi connectivity index (χ0n) is 11.6. The minimum absolute atomic E-state index is 0.127. The van der Waals surface area contributed by atoms with E-state index in [0.717, 1.165) is 25.1 Å². The van der Waals surface area contributed by atoms with Gasteiger partial charge in [-0.1, -0.05) is 24.3 Å². The monoisotopic (exact) mass is 288 g/mol. The Kier molecular flexibility index (Phi) is 3.59. The molecule has 1 spiro atoms. The standard InChI is InChI=1S/C16H17FN2O2/c17-13-5-3-12(4-6-13)2-1-8-19-9-7-16(11-19)10-14(20)18-15(16)21/h1-6H,7-11H2,(H,18,20,21)/b2-1+/t16-/m0/s1. The van der Waals surface area contributed by atoms with Crippen LogP contribution in [0.4, 0.5) is 4.39 Å². The van der Waals surface area contributed by atoms with E-state index in [2.05, 4.69) is 10.2 Å². The highest BCUT2D eigenvalue weighted by Crippen LogP contribution is 2.37.